The number of hydrogen-bond donors (Lipinski definition) is 0. The summed E-state index contributed by atoms with van der Waals surface area (Å²) in [7, 11) is 1.61. The second-order valence-electron chi connectivity index (χ2n) is 7.78. The molecule has 8 nitrogen and oxygen atoms in total. The molecule has 1 amide bonds. The third-order valence-electron chi connectivity index (χ3n) is 5.32. The van der Waals surface area contributed by atoms with E-state index in [-0.39, 0.29) is 18.2 Å². The fraction of sp³-hybridized carbons (Fsp3) is 0.154. The number of thioether (sulfide) groups is 1. The van der Waals surface area contributed by atoms with Crippen LogP contribution in [0.1, 0.15) is 18.1 Å². The van der Waals surface area contributed by atoms with Gasteiger partial charge in [-0.25, -0.2) is 4.99 Å². The molecule has 0 N–H and O–H groups in total. The van der Waals surface area contributed by atoms with Crippen LogP contribution in [0.5, 0.6) is 11.5 Å². The molecule has 0 spiro atoms. The molecule has 11 heteroatoms. The zero-order chi connectivity index (χ0) is 26.5. The summed E-state index contributed by atoms with van der Waals surface area (Å²) < 4.78 is 12.5. The molecular formula is C26H21Br2N3O5S. The fourth-order valence-corrected chi connectivity index (χ4v) is 6.02. The van der Waals surface area contributed by atoms with Crippen molar-refractivity contribution in [2.24, 2.45) is 4.99 Å². The maximum atomic E-state index is 13.1. The molecule has 1 saturated heterocycles. The van der Waals surface area contributed by atoms with E-state index in [1.165, 1.54) is 23.9 Å². The maximum Gasteiger partial charge on any atom is 0.269 e. The van der Waals surface area contributed by atoms with E-state index in [2.05, 4.69) is 36.9 Å². The number of non-ortho nitro benzene ring substituents is 1. The van der Waals surface area contributed by atoms with E-state index in [1.54, 1.807) is 24.1 Å². The summed E-state index contributed by atoms with van der Waals surface area (Å²) >= 11 is 8.39. The summed E-state index contributed by atoms with van der Waals surface area (Å²) in [6.45, 7) is 2.56. The van der Waals surface area contributed by atoms with Crippen molar-refractivity contribution in [3.8, 4) is 11.5 Å². The molecule has 3 aromatic rings. The van der Waals surface area contributed by atoms with Crippen LogP contribution in [0.15, 0.2) is 79.5 Å². The third kappa shape index (κ3) is 6.41. The SMILES string of the molecule is CCN1C(=O)/C(=C\c2cc(Br)c(OCc3cccc([N+](=O)[O-])c3)c(Br)c2)SC1=Nc1ccc(OC)cc1. The molecule has 0 radical (unpaired) electrons. The van der Waals surface area contributed by atoms with Gasteiger partial charge in [0, 0.05) is 18.7 Å². The Labute approximate surface area is 234 Å². The van der Waals surface area contributed by atoms with Crippen LogP contribution in [0.3, 0.4) is 0 Å². The van der Waals surface area contributed by atoms with Gasteiger partial charge >= 0.3 is 0 Å². The number of amides is 1. The van der Waals surface area contributed by atoms with E-state index in [9.17, 15) is 14.9 Å². The number of hydrogen-bond acceptors (Lipinski definition) is 7. The van der Waals surface area contributed by atoms with Crippen molar-refractivity contribution in [2.75, 3.05) is 13.7 Å². The van der Waals surface area contributed by atoms with Crippen LogP contribution in [0.2, 0.25) is 0 Å². The molecule has 190 valence electrons. The molecule has 1 fully saturated rings. The van der Waals surface area contributed by atoms with Crippen molar-refractivity contribution in [3.05, 3.63) is 95.8 Å². The maximum absolute atomic E-state index is 13.1. The number of carbonyl (C=O) groups is 1. The van der Waals surface area contributed by atoms with Crippen molar-refractivity contribution in [1.29, 1.82) is 0 Å². The molecule has 37 heavy (non-hydrogen) atoms. The Balaban J connectivity index is 1.53. The van der Waals surface area contributed by atoms with Crippen molar-refractivity contribution >= 4 is 72.1 Å². The zero-order valence-electron chi connectivity index (χ0n) is 19.8. The first-order chi connectivity index (χ1) is 17.8. The molecule has 4 rings (SSSR count). The number of aliphatic imine (C=N–C) groups is 1. The summed E-state index contributed by atoms with van der Waals surface area (Å²) in [5.41, 5.74) is 2.21. The molecule has 1 aliphatic heterocycles. The van der Waals surface area contributed by atoms with Crippen molar-refractivity contribution in [1.82, 2.24) is 4.90 Å². The number of benzene rings is 3. The Morgan fingerprint density at radius 3 is 2.43 bits per heavy atom. The lowest BCUT2D eigenvalue weighted by Gasteiger charge is -2.12. The van der Waals surface area contributed by atoms with Gasteiger partial charge in [-0.2, -0.15) is 0 Å². The molecule has 0 saturated carbocycles. The highest BCUT2D eigenvalue weighted by atomic mass is 79.9. The molecule has 0 atom stereocenters. The van der Waals surface area contributed by atoms with E-state index in [1.807, 2.05) is 49.4 Å². The van der Waals surface area contributed by atoms with E-state index in [0.717, 1.165) is 17.0 Å². The van der Waals surface area contributed by atoms with Crippen LogP contribution in [0.4, 0.5) is 11.4 Å². The van der Waals surface area contributed by atoms with Crippen molar-refractivity contribution < 1.29 is 19.2 Å². The van der Waals surface area contributed by atoms with E-state index >= 15 is 0 Å². The molecule has 0 unspecified atom stereocenters. The minimum absolute atomic E-state index is 0.0101. The number of carbonyl (C=O) groups excluding carboxylic acids is 1. The zero-order valence-corrected chi connectivity index (χ0v) is 23.8. The van der Waals surface area contributed by atoms with Gasteiger partial charge < -0.3 is 9.47 Å². The predicted molar refractivity (Wildman–Crippen MR) is 152 cm³/mol. The number of halogens is 2. The Morgan fingerprint density at radius 2 is 1.81 bits per heavy atom. The number of methoxy groups -OCH3 is 1. The monoisotopic (exact) mass is 645 g/mol. The molecule has 1 heterocycles. The van der Waals surface area contributed by atoms with Crippen LogP contribution >= 0.6 is 43.6 Å². The summed E-state index contributed by atoms with van der Waals surface area (Å²) in [4.78, 5) is 30.5. The average molecular weight is 647 g/mol. The number of rotatable bonds is 8. The highest BCUT2D eigenvalue weighted by Crippen LogP contribution is 2.39. The van der Waals surface area contributed by atoms with Crippen molar-refractivity contribution in [3.63, 3.8) is 0 Å². The van der Waals surface area contributed by atoms with Gasteiger partial charge in [0.25, 0.3) is 11.6 Å². The van der Waals surface area contributed by atoms with Gasteiger partial charge in [0.05, 0.1) is 31.6 Å². The second kappa shape index (κ2) is 11.9. The average Bonchev–Trinajstić information content (AvgIpc) is 3.17. The van der Waals surface area contributed by atoms with Gasteiger partial charge in [-0.15, -0.1) is 0 Å². The van der Waals surface area contributed by atoms with Crippen LogP contribution in [-0.2, 0) is 11.4 Å². The molecule has 0 aliphatic carbocycles. The Hall–Kier alpha value is -3.15. The van der Waals surface area contributed by atoms with Crippen LogP contribution in [-0.4, -0.2) is 34.6 Å². The number of likely N-dealkylation sites (N-methyl/N-ethyl adjacent to an activating group) is 1. The van der Waals surface area contributed by atoms with E-state index in [4.69, 9.17) is 9.47 Å². The first-order valence-corrected chi connectivity index (χ1v) is 13.5. The Kier molecular flexibility index (Phi) is 8.67. The smallest absolute Gasteiger partial charge is 0.269 e. The summed E-state index contributed by atoms with van der Waals surface area (Å²) in [5, 5.41) is 11.6. The number of amidine groups is 1. The third-order valence-corrected chi connectivity index (χ3v) is 7.51. The highest BCUT2D eigenvalue weighted by molar-refractivity contribution is 9.11. The molecule has 1 aliphatic rings. The highest BCUT2D eigenvalue weighted by Gasteiger charge is 2.32. The Bertz CT molecular complexity index is 1390. The standard InChI is InChI=1S/C26H21Br2N3O5S/c1-3-30-25(32)23(37-26(30)29-18-7-9-20(35-2)10-8-18)14-17-12-21(27)24(22(28)13-17)36-15-16-5-4-6-19(11-16)31(33)34/h4-14H,3,15H2,1-2H3/b23-14+,29-26?. The van der Waals surface area contributed by atoms with Gasteiger partial charge in [-0.05, 0) is 104 Å². The van der Waals surface area contributed by atoms with Crippen LogP contribution in [0, 0.1) is 10.1 Å². The van der Waals surface area contributed by atoms with Gasteiger partial charge in [0.2, 0.25) is 0 Å². The lowest BCUT2D eigenvalue weighted by molar-refractivity contribution is -0.384. The number of ether oxygens (including phenoxy) is 2. The number of nitro benzene ring substituents is 1. The molecular weight excluding hydrogens is 626 g/mol. The molecule has 3 aromatic carbocycles. The summed E-state index contributed by atoms with van der Waals surface area (Å²) in [5.74, 6) is 1.18. The van der Waals surface area contributed by atoms with Crippen LogP contribution < -0.4 is 9.47 Å². The largest absolute Gasteiger partial charge is 0.497 e. The van der Waals surface area contributed by atoms with Gasteiger partial charge in [0.15, 0.2) is 5.17 Å². The minimum Gasteiger partial charge on any atom is -0.497 e. The normalized spacial score (nSPS) is 15.5. The van der Waals surface area contributed by atoms with Crippen molar-refractivity contribution in [2.45, 2.75) is 13.5 Å². The quantitative estimate of drug-likeness (QED) is 0.144. The minimum atomic E-state index is -0.438. The number of nitro groups is 1. The number of nitrogens with zero attached hydrogens (tertiary/aromatic N) is 3. The van der Waals surface area contributed by atoms with Crippen LogP contribution in [0.25, 0.3) is 6.08 Å². The van der Waals surface area contributed by atoms with E-state index in [0.29, 0.717) is 36.9 Å². The lowest BCUT2D eigenvalue weighted by Crippen LogP contribution is -2.28. The van der Waals surface area contributed by atoms with Gasteiger partial charge in [-0.1, -0.05) is 12.1 Å². The predicted octanol–water partition coefficient (Wildman–Crippen LogP) is 7.33. The molecule has 0 aromatic heterocycles. The topological polar surface area (TPSA) is 94.3 Å². The Morgan fingerprint density at radius 1 is 1.11 bits per heavy atom. The first kappa shape index (κ1) is 26.9. The fourth-order valence-electron chi connectivity index (χ4n) is 3.50. The first-order valence-electron chi connectivity index (χ1n) is 11.1. The summed E-state index contributed by atoms with van der Waals surface area (Å²) in [6.07, 6.45) is 1.81. The van der Waals surface area contributed by atoms with E-state index < -0.39 is 4.92 Å². The molecule has 0 bridgehead atoms. The van der Waals surface area contributed by atoms with Gasteiger partial charge in [0.1, 0.15) is 18.1 Å². The summed E-state index contributed by atoms with van der Waals surface area (Å²) in [6, 6.07) is 17.3. The lowest BCUT2D eigenvalue weighted by atomic mass is 10.2. The second-order valence-corrected chi connectivity index (χ2v) is 10.5. The van der Waals surface area contributed by atoms with Gasteiger partial charge in [-0.3, -0.25) is 19.8 Å².